The van der Waals surface area contributed by atoms with E-state index in [1.165, 1.54) is 17.5 Å². The maximum atomic E-state index is 13.6. The fourth-order valence-corrected chi connectivity index (χ4v) is 5.48. The van der Waals surface area contributed by atoms with Crippen LogP contribution in [0.3, 0.4) is 0 Å². The number of aryl methyl sites for hydroxylation is 2. The van der Waals surface area contributed by atoms with E-state index >= 15 is 0 Å². The molecule has 0 spiro atoms. The minimum atomic E-state index is 0.0707. The molecule has 7 heteroatoms. The molecule has 0 unspecified atom stereocenters. The molecule has 2 aliphatic rings. The largest absolute Gasteiger partial charge is 0.464 e. The summed E-state index contributed by atoms with van der Waals surface area (Å²) in [6, 6.07) is 11.8. The van der Waals surface area contributed by atoms with Gasteiger partial charge in [0.1, 0.15) is 5.58 Å². The highest BCUT2D eigenvalue weighted by Gasteiger charge is 2.29. The van der Waals surface area contributed by atoms with Gasteiger partial charge in [0, 0.05) is 27.6 Å². The predicted octanol–water partition coefficient (Wildman–Crippen LogP) is 6.14. The Morgan fingerprint density at radius 2 is 1.79 bits per heavy atom. The summed E-state index contributed by atoms with van der Waals surface area (Å²) in [4.78, 5) is 15.5. The molecule has 2 aromatic carbocycles. The van der Waals surface area contributed by atoms with E-state index in [2.05, 4.69) is 22.3 Å². The van der Waals surface area contributed by atoms with Crippen LogP contribution < -0.4 is 0 Å². The van der Waals surface area contributed by atoms with Crippen LogP contribution in [-0.2, 0) is 30.6 Å². The first-order chi connectivity index (χ1) is 16.6. The fourth-order valence-electron chi connectivity index (χ4n) is 5.36. The molecule has 0 aliphatic heterocycles. The molecule has 1 amide bonds. The lowest BCUT2D eigenvalue weighted by Gasteiger charge is -2.27. The van der Waals surface area contributed by atoms with E-state index in [0.717, 1.165) is 60.6 Å². The summed E-state index contributed by atoms with van der Waals surface area (Å²) in [7, 11) is 0. The number of benzene rings is 2. The summed E-state index contributed by atoms with van der Waals surface area (Å²) in [5.74, 6) is 0.946. The van der Waals surface area contributed by atoms with Gasteiger partial charge in [0.05, 0.1) is 19.2 Å². The second-order valence-electron chi connectivity index (χ2n) is 9.38. The molecule has 6 nitrogen and oxygen atoms in total. The maximum Gasteiger partial charge on any atom is 0.247 e. The summed E-state index contributed by atoms with van der Waals surface area (Å²) in [6.45, 7) is 0.315. The molecule has 0 radical (unpaired) electrons. The molecule has 174 valence electrons. The first kappa shape index (κ1) is 21.4. The van der Waals surface area contributed by atoms with Gasteiger partial charge < -0.3 is 13.7 Å². The summed E-state index contributed by atoms with van der Waals surface area (Å²) in [5.41, 5.74) is 5.39. The zero-order valence-electron chi connectivity index (χ0n) is 18.9. The first-order valence-corrected chi connectivity index (χ1v) is 12.4. The predicted molar refractivity (Wildman–Crippen MR) is 129 cm³/mol. The smallest absolute Gasteiger partial charge is 0.247 e. The number of furan rings is 1. The minimum absolute atomic E-state index is 0.0707. The van der Waals surface area contributed by atoms with Crippen LogP contribution in [0.1, 0.15) is 54.7 Å². The third-order valence-electron chi connectivity index (χ3n) is 7.16. The first-order valence-electron chi connectivity index (χ1n) is 12.0. The van der Waals surface area contributed by atoms with Crippen molar-refractivity contribution >= 4 is 28.5 Å². The highest BCUT2D eigenvalue weighted by Crippen LogP contribution is 2.32. The van der Waals surface area contributed by atoms with Crippen LogP contribution in [0, 0.1) is 0 Å². The molecule has 34 heavy (non-hydrogen) atoms. The van der Waals surface area contributed by atoms with Gasteiger partial charge in [-0.1, -0.05) is 24.4 Å². The summed E-state index contributed by atoms with van der Waals surface area (Å²) in [5, 5.41) is 10.1. The van der Waals surface area contributed by atoms with Crippen LogP contribution in [-0.4, -0.2) is 27.0 Å². The Balaban J connectivity index is 1.24. The number of fused-ring (bicyclic) bond motifs is 2. The van der Waals surface area contributed by atoms with Crippen molar-refractivity contribution in [1.82, 2.24) is 15.1 Å². The molecule has 0 bridgehead atoms. The molecule has 1 fully saturated rings. The molecule has 0 atom stereocenters. The summed E-state index contributed by atoms with van der Waals surface area (Å²) in [6.07, 6.45) is 9.73. The number of carbonyl (C=O) groups is 1. The molecule has 2 heterocycles. The number of hydrogen-bond donors (Lipinski definition) is 0. The lowest BCUT2D eigenvalue weighted by atomic mass is 10.0. The average Bonchev–Trinajstić information content (AvgIpc) is 3.64. The van der Waals surface area contributed by atoms with E-state index in [1.54, 1.807) is 18.4 Å². The SMILES string of the molecule is O=C(Cc1coc2cc3c(cc12)CCC3)N(Cc1nnc(-c2ccc(Cl)cc2)o1)C1CCCC1. The lowest BCUT2D eigenvalue weighted by Crippen LogP contribution is -2.39. The summed E-state index contributed by atoms with van der Waals surface area (Å²) < 4.78 is 11.8. The lowest BCUT2D eigenvalue weighted by molar-refractivity contribution is -0.133. The van der Waals surface area contributed by atoms with Crippen molar-refractivity contribution in [2.45, 2.75) is 64.0 Å². The van der Waals surface area contributed by atoms with Gasteiger partial charge in [-0.3, -0.25) is 4.79 Å². The van der Waals surface area contributed by atoms with E-state index in [4.69, 9.17) is 20.4 Å². The highest BCUT2D eigenvalue weighted by molar-refractivity contribution is 6.30. The van der Waals surface area contributed by atoms with Crippen molar-refractivity contribution in [1.29, 1.82) is 0 Å². The number of aromatic nitrogens is 2. The molecule has 0 N–H and O–H groups in total. The van der Waals surface area contributed by atoms with E-state index in [9.17, 15) is 4.79 Å². The number of halogens is 1. The minimum Gasteiger partial charge on any atom is -0.464 e. The van der Waals surface area contributed by atoms with E-state index in [0.29, 0.717) is 29.8 Å². The number of rotatable bonds is 6. The molecule has 2 aliphatic carbocycles. The Labute approximate surface area is 202 Å². The van der Waals surface area contributed by atoms with Gasteiger partial charge in [-0.2, -0.15) is 0 Å². The van der Waals surface area contributed by atoms with Crippen LogP contribution in [0.4, 0.5) is 0 Å². The van der Waals surface area contributed by atoms with E-state index < -0.39 is 0 Å². The van der Waals surface area contributed by atoms with Gasteiger partial charge >= 0.3 is 0 Å². The summed E-state index contributed by atoms with van der Waals surface area (Å²) >= 11 is 5.99. The van der Waals surface area contributed by atoms with Crippen molar-refractivity contribution in [2.75, 3.05) is 0 Å². The van der Waals surface area contributed by atoms with Crippen LogP contribution in [0.25, 0.3) is 22.4 Å². The van der Waals surface area contributed by atoms with Crippen molar-refractivity contribution in [3.8, 4) is 11.5 Å². The van der Waals surface area contributed by atoms with E-state index in [1.807, 2.05) is 17.0 Å². The van der Waals surface area contributed by atoms with Crippen molar-refractivity contribution < 1.29 is 13.6 Å². The number of hydrogen-bond acceptors (Lipinski definition) is 5. The molecule has 2 aromatic heterocycles. The van der Waals surface area contributed by atoms with Gasteiger partial charge in [0.25, 0.3) is 0 Å². The van der Waals surface area contributed by atoms with Crippen LogP contribution in [0.15, 0.2) is 51.5 Å². The monoisotopic (exact) mass is 475 g/mol. The second-order valence-corrected chi connectivity index (χ2v) is 9.81. The molecule has 1 saturated carbocycles. The van der Waals surface area contributed by atoms with Crippen LogP contribution in [0.5, 0.6) is 0 Å². The Morgan fingerprint density at radius 1 is 1.03 bits per heavy atom. The van der Waals surface area contributed by atoms with Crippen LogP contribution in [0.2, 0.25) is 5.02 Å². The van der Waals surface area contributed by atoms with Crippen LogP contribution >= 0.6 is 11.6 Å². The normalized spacial score (nSPS) is 15.8. The highest BCUT2D eigenvalue weighted by atomic mass is 35.5. The second kappa shape index (κ2) is 8.91. The molecule has 0 saturated heterocycles. The quantitative estimate of drug-likeness (QED) is 0.335. The fraction of sp³-hybridized carbons (Fsp3) is 0.370. The zero-order valence-corrected chi connectivity index (χ0v) is 19.7. The van der Waals surface area contributed by atoms with Gasteiger partial charge in [-0.05, 0) is 79.6 Å². The standard InChI is InChI=1S/C27H26ClN3O3/c28-21-10-8-17(9-11-21)27-30-29-25(34-27)15-31(22-6-1-2-7-22)26(32)14-20-16-33-24-13-19-5-3-4-18(19)12-23(20)24/h8-13,16,22H,1-7,14-15H2. The number of nitrogens with zero attached hydrogens (tertiary/aromatic N) is 3. The average molecular weight is 476 g/mol. The molecular formula is C27H26ClN3O3. The third-order valence-corrected chi connectivity index (χ3v) is 7.41. The van der Waals surface area contributed by atoms with Crippen molar-refractivity contribution in [2.24, 2.45) is 0 Å². The Morgan fingerprint density at radius 3 is 2.59 bits per heavy atom. The maximum absolute atomic E-state index is 13.6. The van der Waals surface area contributed by atoms with Gasteiger partial charge in [0.15, 0.2) is 0 Å². The van der Waals surface area contributed by atoms with Crippen molar-refractivity contribution in [3.63, 3.8) is 0 Å². The van der Waals surface area contributed by atoms with Gasteiger partial charge in [0.2, 0.25) is 17.7 Å². The Bertz CT molecular complexity index is 1340. The Kier molecular flexibility index (Phi) is 5.61. The Hall–Kier alpha value is -3.12. The number of amides is 1. The third kappa shape index (κ3) is 4.11. The van der Waals surface area contributed by atoms with Crippen molar-refractivity contribution in [3.05, 3.63) is 70.3 Å². The van der Waals surface area contributed by atoms with E-state index in [-0.39, 0.29) is 11.9 Å². The van der Waals surface area contributed by atoms with Gasteiger partial charge in [-0.15, -0.1) is 10.2 Å². The van der Waals surface area contributed by atoms with Gasteiger partial charge in [-0.25, -0.2) is 0 Å². The zero-order chi connectivity index (χ0) is 23.1. The number of carbonyl (C=O) groups excluding carboxylic acids is 1. The molecule has 4 aromatic rings. The topological polar surface area (TPSA) is 72.4 Å². The molecular weight excluding hydrogens is 450 g/mol. The molecule has 6 rings (SSSR count).